The molecule has 1 amide bonds. The van der Waals surface area contributed by atoms with E-state index < -0.39 is 0 Å². The Kier molecular flexibility index (Phi) is 6.42. The van der Waals surface area contributed by atoms with Crippen LogP contribution in [0.3, 0.4) is 0 Å². The molecule has 1 aromatic carbocycles. The van der Waals surface area contributed by atoms with Gasteiger partial charge in [-0.05, 0) is 51.0 Å². The second-order valence-electron chi connectivity index (χ2n) is 8.33. The van der Waals surface area contributed by atoms with Crippen LogP contribution in [0.4, 0.5) is 0 Å². The maximum atomic E-state index is 13.1. The van der Waals surface area contributed by atoms with Crippen molar-refractivity contribution in [3.05, 3.63) is 71.3 Å². The highest BCUT2D eigenvalue weighted by Crippen LogP contribution is 2.20. The number of aryl methyl sites for hydroxylation is 1. The van der Waals surface area contributed by atoms with Crippen molar-refractivity contribution in [3.63, 3.8) is 0 Å². The summed E-state index contributed by atoms with van der Waals surface area (Å²) in [5.41, 5.74) is 4.43. The SMILES string of the molecule is Cc1ccc(-n2nnc(C(=O)N(C)C3CCN(CCc4ccccn4)CC3)c2C)cc1. The normalized spacial score (nSPS) is 15.2. The summed E-state index contributed by atoms with van der Waals surface area (Å²) >= 11 is 0. The molecule has 1 aliphatic heterocycles. The summed E-state index contributed by atoms with van der Waals surface area (Å²) in [6.45, 7) is 6.94. The number of hydrogen-bond acceptors (Lipinski definition) is 5. The smallest absolute Gasteiger partial charge is 0.276 e. The average Bonchev–Trinajstić information content (AvgIpc) is 3.19. The zero-order valence-electron chi connectivity index (χ0n) is 18.5. The molecular formula is C24H30N6O. The number of piperidine rings is 1. The summed E-state index contributed by atoms with van der Waals surface area (Å²) in [5.74, 6) is -0.0530. The van der Waals surface area contributed by atoms with Gasteiger partial charge in [-0.1, -0.05) is 29.0 Å². The number of rotatable bonds is 6. The molecule has 7 nitrogen and oxygen atoms in total. The summed E-state index contributed by atoms with van der Waals surface area (Å²) in [7, 11) is 1.89. The van der Waals surface area contributed by atoms with E-state index in [1.165, 1.54) is 5.56 Å². The summed E-state index contributed by atoms with van der Waals surface area (Å²) in [6, 6.07) is 14.3. The number of nitrogens with zero attached hydrogens (tertiary/aromatic N) is 6. The van der Waals surface area contributed by atoms with Crippen LogP contribution in [0.1, 0.15) is 40.3 Å². The van der Waals surface area contributed by atoms with Crippen LogP contribution in [0.2, 0.25) is 0 Å². The lowest BCUT2D eigenvalue weighted by atomic mass is 10.0. The topological polar surface area (TPSA) is 67.2 Å². The molecule has 1 saturated heterocycles. The van der Waals surface area contributed by atoms with Gasteiger partial charge in [0.05, 0.1) is 11.4 Å². The van der Waals surface area contributed by atoms with Crippen molar-refractivity contribution in [2.24, 2.45) is 0 Å². The molecule has 1 aliphatic rings. The molecule has 31 heavy (non-hydrogen) atoms. The molecule has 0 unspecified atom stereocenters. The van der Waals surface area contributed by atoms with Crippen molar-refractivity contribution in [1.82, 2.24) is 29.8 Å². The molecule has 4 rings (SSSR count). The number of aromatic nitrogens is 4. The molecule has 1 fully saturated rings. The second kappa shape index (κ2) is 9.39. The fraction of sp³-hybridized carbons (Fsp3) is 0.417. The van der Waals surface area contributed by atoms with E-state index in [0.29, 0.717) is 5.69 Å². The Morgan fingerprint density at radius 1 is 1.10 bits per heavy atom. The summed E-state index contributed by atoms with van der Waals surface area (Å²) in [5, 5.41) is 8.45. The first-order valence-electron chi connectivity index (χ1n) is 10.9. The van der Waals surface area contributed by atoms with E-state index in [2.05, 4.69) is 26.3 Å². The lowest BCUT2D eigenvalue weighted by molar-refractivity contribution is 0.0637. The predicted molar refractivity (Wildman–Crippen MR) is 120 cm³/mol. The maximum Gasteiger partial charge on any atom is 0.276 e. The van der Waals surface area contributed by atoms with Crippen molar-refractivity contribution in [2.45, 2.75) is 39.2 Å². The molecule has 2 aromatic heterocycles. The van der Waals surface area contributed by atoms with Crippen molar-refractivity contribution >= 4 is 5.91 Å². The largest absolute Gasteiger partial charge is 0.337 e. The molecular weight excluding hydrogens is 388 g/mol. The Hall–Kier alpha value is -3.06. The van der Waals surface area contributed by atoms with Crippen molar-refractivity contribution in [2.75, 3.05) is 26.7 Å². The zero-order valence-corrected chi connectivity index (χ0v) is 18.5. The highest BCUT2D eigenvalue weighted by Gasteiger charge is 2.28. The van der Waals surface area contributed by atoms with E-state index >= 15 is 0 Å². The standard InChI is InChI=1S/C24H30N6O/c1-18-7-9-22(10-8-18)30-19(2)23(26-27-30)24(31)28(3)21-12-16-29(17-13-21)15-11-20-6-4-5-14-25-20/h4-10,14,21H,11-13,15-17H2,1-3H3. The van der Waals surface area contributed by atoms with Gasteiger partial charge in [-0.25, -0.2) is 4.68 Å². The van der Waals surface area contributed by atoms with Crippen molar-refractivity contribution in [1.29, 1.82) is 0 Å². The van der Waals surface area contributed by atoms with Gasteiger partial charge >= 0.3 is 0 Å². The number of amides is 1. The molecule has 0 N–H and O–H groups in total. The lowest BCUT2D eigenvalue weighted by Crippen LogP contribution is -2.46. The average molecular weight is 419 g/mol. The Balaban J connectivity index is 1.34. The van der Waals surface area contributed by atoms with Crippen molar-refractivity contribution in [3.8, 4) is 5.69 Å². The Labute approximate surface area is 183 Å². The minimum absolute atomic E-state index is 0.0530. The highest BCUT2D eigenvalue weighted by molar-refractivity contribution is 5.93. The molecule has 162 valence electrons. The van der Waals surface area contributed by atoms with Gasteiger partial charge in [0.1, 0.15) is 0 Å². The first-order valence-corrected chi connectivity index (χ1v) is 10.9. The van der Waals surface area contributed by atoms with E-state index in [-0.39, 0.29) is 11.9 Å². The van der Waals surface area contributed by atoms with Crippen molar-refractivity contribution < 1.29 is 4.79 Å². The van der Waals surface area contributed by atoms with E-state index in [9.17, 15) is 4.79 Å². The van der Waals surface area contributed by atoms with Gasteiger partial charge in [-0.2, -0.15) is 0 Å². The molecule has 0 radical (unpaired) electrons. The van der Waals surface area contributed by atoms with Crippen LogP contribution in [0.25, 0.3) is 5.69 Å². The highest BCUT2D eigenvalue weighted by atomic mass is 16.2. The lowest BCUT2D eigenvalue weighted by Gasteiger charge is -2.36. The Morgan fingerprint density at radius 3 is 2.52 bits per heavy atom. The van der Waals surface area contributed by atoms with E-state index in [0.717, 1.165) is 56.0 Å². The molecule has 3 heterocycles. The van der Waals surface area contributed by atoms with Crippen LogP contribution in [0, 0.1) is 13.8 Å². The summed E-state index contributed by atoms with van der Waals surface area (Å²) < 4.78 is 1.74. The fourth-order valence-corrected chi connectivity index (χ4v) is 4.14. The Morgan fingerprint density at radius 2 is 1.84 bits per heavy atom. The second-order valence-corrected chi connectivity index (χ2v) is 8.33. The van der Waals surface area contributed by atoms with Crippen LogP contribution in [0.15, 0.2) is 48.7 Å². The first-order chi connectivity index (χ1) is 15.0. The third-order valence-electron chi connectivity index (χ3n) is 6.21. The molecule has 0 spiro atoms. The molecule has 0 bridgehead atoms. The van der Waals surface area contributed by atoms with Gasteiger partial charge < -0.3 is 9.80 Å². The maximum absolute atomic E-state index is 13.1. The van der Waals surface area contributed by atoms with E-state index in [1.807, 2.05) is 68.4 Å². The van der Waals surface area contributed by atoms with Gasteiger partial charge in [-0.3, -0.25) is 9.78 Å². The first kappa shape index (κ1) is 21.2. The molecule has 0 atom stereocenters. The number of likely N-dealkylation sites (tertiary alicyclic amines) is 1. The van der Waals surface area contributed by atoms with Crippen LogP contribution in [-0.2, 0) is 6.42 Å². The van der Waals surface area contributed by atoms with Crippen LogP contribution in [0.5, 0.6) is 0 Å². The van der Waals surface area contributed by atoms with Gasteiger partial charge in [0.25, 0.3) is 5.91 Å². The third kappa shape index (κ3) is 4.82. The molecule has 3 aromatic rings. The fourth-order valence-electron chi connectivity index (χ4n) is 4.14. The van der Waals surface area contributed by atoms with Gasteiger partial charge in [0.2, 0.25) is 0 Å². The Bertz CT molecular complexity index is 1010. The zero-order chi connectivity index (χ0) is 21.8. The predicted octanol–water partition coefficient (Wildman–Crippen LogP) is 3.06. The monoisotopic (exact) mass is 418 g/mol. The number of carbonyl (C=O) groups is 1. The summed E-state index contributed by atoms with van der Waals surface area (Å²) in [4.78, 5) is 21.9. The van der Waals surface area contributed by atoms with Gasteiger partial charge in [-0.15, -0.1) is 5.10 Å². The quantitative estimate of drug-likeness (QED) is 0.616. The number of carbonyl (C=O) groups excluding carboxylic acids is 1. The van der Waals surface area contributed by atoms with Gasteiger partial charge in [0, 0.05) is 51.0 Å². The summed E-state index contributed by atoms with van der Waals surface area (Å²) in [6.07, 6.45) is 4.74. The molecule has 7 heteroatoms. The molecule has 0 aliphatic carbocycles. The third-order valence-corrected chi connectivity index (χ3v) is 6.21. The number of hydrogen-bond donors (Lipinski definition) is 0. The van der Waals surface area contributed by atoms with Gasteiger partial charge in [0.15, 0.2) is 5.69 Å². The van der Waals surface area contributed by atoms with E-state index in [1.54, 1.807) is 4.68 Å². The minimum atomic E-state index is -0.0530. The number of pyridine rings is 1. The van der Waals surface area contributed by atoms with Crippen LogP contribution in [-0.4, -0.2) is 68.4 Å². The van der Waals surface area contributed by atoms with Crippen LogP contribution < -0.4 is 0 Å². The molecule has 0 saturated carbocycles. The minimum Gasteiger partial charge on any atom is -0.337 e. The van der Waals surface area contributed by atoms with Crippen LogP contribution >= 0.6 is 0 Å². The number of benzene rings is 1. The van der Waals surface area contributed by atoms with E-state index in [4.69, 9.17) is 0 Å².